The number of rotatable bonds is 6. The van der Waals surface area contributed by atoms with Gasteiger partial charge in [-0.2, -0.15) is 11.3 Å². The number of hydrogen-bond acceptors (Lipinski definition) is 4. The number of nitrogens with one attached hydrogen (secondary N) is 1. The molecule has 1 aromatic heterocycles. The summed E-state index contributed by atoms with van der Waals surface area (Å²) in [6.07, 6.45) is 1.02. The van der Waals surface area contributed by atoms with Gasteiger partial charge >= 0.3 is 0 Å². The molecule has 26 heavy (non-hydrogen) atoms. The van der Waals surface area contributed by atoms with Crippen LogP contribution >= 0.6 is 11.3 Å². The summed E-state index contributed by atoms with van der Waals surface area (Å²) in [7, 11) is 0. The molecule has 1 N–H and O–H groups in total. The number of thiophene rings is 1. The van der Waals surface area contributed by atoms with Crippen LogP contribution in [-0.4, -0.2) is 49.4 Å². The van der Waals surface area contributed by atoms with Crippen LogP contribution in [0.1, 0.15) is 23.2 Å². The van der Waals surface area contributed by atoms with Crippen LogP contribution in [0, 0.1) is 5.82 Å². The van der Waals surface area contributed by atoms with Gasteiger partial charge in [-0.05, 0) is 30.0 Å². The fraction of sp³-hybridized carbons (Fsp3) is 0.368. The monoisotopic (exact) mass is 375 g/mol. The molecule has 2 amide bonds. The van der Waals surface area contributed by atoms with Crippen LogP contribution < -0.4 is 10.2 Å². The van der Waals surface area contributed by atoms with Gasteiger partial charge in [0.15, 0.2) is 0 Å². The van der Waals surface area contributed by atoms with Crippen LogP contribution in [0.5, 0.6) is 0 Å². The van der Waals surface area contributed by atoms with Gasteiger partial charge in [-0.25, -0.2) is 4.39 Å². The van der Waals surface area contributed by atoms with Crippen molar-refractivity contribution in [1.29, 1.82) is 0 Å². The number of para-hydroxylation sites is 1. The minimum atomic E-state index is -0.228. The van der Waals surface area contributed by atoms with E-state index in [0.29, 0.717) is 56.8 Å². The van der Waals surface area contributed by atoms with Crippen molar-refractivity contribution in [2.75, 3.05) is 37.6 Å². The lowest BCUT2D eigenvalue weighted by molar-refractivity contribution is -0.131. The van der Waals surface area contributed by atoms with Crippen LogP contribution in [-0.2, 0) is 4.79 Å². The van der Waals surface area contributed by atoms with E-state index < -0.39 is 0 Å². The summed E-state index contributed by atoms with van der Waals surface area (Å²) in [6, 6.07) is 8.50. The summed E-state index contributed by atoms with van der Waals surface area (Å²) >= 11 is 1.48. The smallest absolute Gasteiger partial charge is 0.252 e. The van der Waals surface area contributed by atoms with E-state index in [4.69, 9.17) is 0 Å². The molecule has 0 radical (unpaired) electrons. The van der Waals surface area contributed by atoms with E-state index in [-0.39, 0.29) is 17.6 Å². The van der Waals surface area contributed by atoms with Gasteiger partial charge in [-0.1, -0.05) is 12.1 Å². The van der Waals surface area contributed by atoms with Crippen LogP contribution in [0.2, 0.25) is 0 Å². The lowest BCUT2D eigenvalue weighted by Gasteiger charge is -2.36. The Hall–Kier alpha value is -2.41. The molecule has 5 nitrogen and oxygen atoms in total. The second-order valence-corrected chi connectivity index (χ2v) is 6.97. The van der Waals surface area contributed by atoms with Crippen LogP contribution in [0.4, 0.5) is 10.1 Å². The Morgan fingerprint density at radius 3 is 2.58 bits per heavy atom. The second-order valence-electron chi connectivity index (χ2n) is 6.19. The number of carbonyl (C=O) groups is 2. The van der Waals surface area contributed by atoms with E-state index in [0.717, 1.165) is 0 Å². The van der Waals surface area contributed by atoms with Crippen molar-refractivity contribution in [3.63, 3.8) is 0 Å². The minimum absolute atomic E-state index is 0.0861. The zero-order chi connectivity index (χ0) is 18.4. The largest absolute Gasteiger partial charge is 0.366 e. The Labute approximate surface area is 156 Å². The van der Waals surface area contributed by atoms with Gasteiger partial charge < -0.3 is 15.1 Å². The van der Waals surface area contributed by atoms with Crippen molar-refractivity contribution in [2.45, 2.75) is 12.8 Å². The first-order valence-electron chi connectivity index (χ1n) is 8.73. The summed E-state index contributed by atoms with van der Waals surface area (Å²) in [5.41, 5.74) is 1.25. The first-order chi connectivity index (χ1) is 12.6. The highest BCUT2D eigenvalue weighted by atomic mass is 32.1. The molecule has 2 aromatic rings. The van der Waals surface area contributed by atoms with Crippen LogP contribution in [0.15, 0.2) is 41.1 Å². The van der Waals surface area contributed by atoms with Crippen molar-refractivity contribution < 1.29 is 14.0 Å². The van der Waals surface area contributed by atoms with E-state index in [1.807, 2.05) is 21.2 Å². The standard InChI is InChI=1S/C19H22FN3O2S/c20-16-4-1-2-5-17(16)22-9-11-23(12-10-22)18(24)6-3-8-21-19(25)15-7-13-26-14-15/h1-2,4-5,7,13-14H,3,6,8-12H2,(H,21,25). The van der Waals surface area contributed by atoms with Gasteiger partial charge in [-0.3, -0.25) is 9.59 Å². The molecule has 0 unspecified atom stereocenters. The predicted octanol–water partition coefficient (Wildman–Crippen LogP) is 2.75. The quantitative estimate of drug-likeness (QED) is 0.790. The van der Waals surface area contributed by atoms with E-state index >= 15 is 0 Å². The van der Waals surface area contributed by atoms with Crippen molar-refractivity contribution in [3.8, 4) is 0 Å². The van der Waals surface area contributed by atoms with E-state index in [9.17, 15) is 14.0 Å². The van der Waals surface area contributed by atoms with E-state index in [1.165, 1.54) is 17.4 Å². The Balaban J connectivity index is 1.37. The van der Waals surface area contributed by atoms with Crippen molar-refractivity contribution in [1.82, 2.24) is 10.2 Å². The molecule has 2 heterocycles. The summed E-state index contributed by atoms with van der Waals surface area (Å²) in [6.45, 7) is 2.92. The molecule has 0 aliphatic carbocycles. The van der Waals surface area contributed by atoms with Gasteiger partial charge in [0.2, 0.25) is 5.91 Å². The van der Waals surface area contributed by atoms with E-state index in [2.05, 4.69) is 5.32 Å². The summed E-state index contributed by atoms with van der Waals surface area (Å²) in [4.78, 5) is 27.9. The number of amides is 2. The highest BCUT2D eigenvalue weighted by Gasteiger charge is 2.22. The Kier molecular flexibility index (Phi) is 6.22. The molecular formula is C19H22FN3O2S. The maximum atomic E-state index is 13.8. The predicted molar refractivity (Wildman–Crippen MR) is 101 cm³/mol. The maximum Gasteiger partial charge on any atom is 0.252 e. The van der Waals surface area contributed by atoms with Gasteiger partial charge in [0, 0.05) is 50.1 Å². The molecular weight excluding hydrogens is 353 g/mol. The molecule has 1 aliphatic heterocycles. The fourth-order valence-corrected chi connectivity index (χ4v) is 3.64. The molecule has 3 rings (SSSR count). The zero-order valence-corrected chi connectivity index (χ0v) is 15.3. The third-order valence-electron chi connectivity index (χ3n) is 4.46. The van der Waals surface area contributed by atoms with Crippen LogP contribution in [0.25, 0.3) is 0 Å². The number of halogens is 1. The fourth-order valence-electron chi connectivity index (χ4n) is 3.00. The van der Waals surface area contributed by atoms with Crippen LogP contribution in [0.3, 0.4) is 0 Å². The lowest BCUT2D eigenvalue weighted by Crippen LogP contribution is -2.49. The molecule has 7 heteroatoms. The number of nitrogens with zero attached hydrogens (tertiary/aromatic N) is 2. The molecule has 0 atom stereocenters. The molecule has 0 spiro atoms. The Bertz CT molecular complexity index is 743. The third kappa shape index (κ3) is 4.60. The summed E-state index contributed by atoms with van der Waals surface area (Å²) in [5.74, 6) is -0.242. The minimum Gasteiger partial charge on any atom is -0.366 e. The molecule has 0 saturated carbocycles. The normalized spacial score (nSPS) is 14.3. The number of carbonyl (C=O) groups excluding carboxylic acids is 2. The maximum absolute atomic E-state index is 13.8. The highest BCUT2D eigenvalue weighted by Crippen LogP contribution is 2.20. The lowest BCUT2D eigenvalue weighted by atomic mass is 10.2. The molecule has 1 fully saturated rings. The number of benzene rings is 1. The molecule has 0 bridgehead atoms. The SMILES string of the molecule is O=C(NCCCC(=O)N1CCN(c2ccccc2F)CC1)c1ccsc1. The first kappa shape index (κ1) is 18.4. The highest BCUT2D eigenvalue weighted by molar-refractivity contribution is 7.08. The van der Waals surface area contributed by atoms with Gasteiger partial charge in [0.1, 0.15) is 5.82 Å². The number of piperazine rings is 1. The molecule has 138 valence electrons. The van der Waals surface area contributed by atoms with Crippen molar-refractivity contribution >= 4 is 28.8 Å². The summed E-state index contributed by atoms with van der Waals surface area (Å²) in [5, 5.41) is 6.49. The number of anilines is 1. The Morgan fingerprint density at radius 1 is 1.12 bits per heavy atom. The van der Waals surface area contributed by atoms with E-state index in [1.54, 1.807) is 23.6 Å². The third-order valence-corrected chi connectivity index (χ3v) is 5.15. The first-order valence-corrected chi connectivity index (χ1v) is 9.67. The average Bonchev–Trinajstić information content (AvgIpc) is 3.20. The average molecular weight is 375 g/mol. The van der Waals surface area contributed by atoms with Gasteiger partial charge in [0.05, 0.1) is 5.69 Å². The number of hydrogen-bond donors (Lipinski definition) is 1. The second kappa shape index (κ2) is 8.80. The van der Waals surface area contributed by atoms with Crippen molar-refractivity contribution in [2.24, 2.45) is 0 Å². The summed E-state index contributed by atoms with van der Waals surface area (Å²) < 4.78 is 13.8. The van der Waals surface area contributed by atoms with Gasteiger partial charge in [0.25, 0.3) is 5.91 Å². The molecule has 1 aliphatic rings. The molecule has 1 saturated heterocycles. The Morgan fingerprint density at radius 2 is 1.88 bits per heavy atom. The zero-order valence-electron chi connectivity index (χ0n) is 14.5. The van der Waals surface area contributed by atoms with Gasteiger partial charge in [-0.15, -0.1) is 0 Å². The van der Waals surface area contributed by atoms with Crippen molar-refractivity contribution in [3.05, 3.63) is 52.5 Å². The topological polar surface area (TPSA) is 52.7 Å². The molecule has 1 aromatic carbocycles.